The molecule has 0 aliphatic carbocycles. The molecule has 0 atom stereocenters. The first kappa shape index (κ1) is 13.1. The molecule has 2 aromatic carbocycles. The number of carbonyl (C=O) groups is 1. The molecular weight excluding hydrogens is 266 g/mol. The summed E-state index contributed by atoms with van der Waals surface area (Å²) in [7, 11) is 1.26. The molecule has 0 spiro atoms. The topological polar surface area (TPSA) is 59.2 Å². The number of carbonyl (C=O) groups excluding carboxylic acids is 1. The van der Waals surface area contributed by atoms with Gasteiger partial charge in [-0.2, -0.15) is 0 Å². The molecule has 4 nitrogen and oxygen atoms in total. The van der Waals surface area contributed by atoms with Crippen molar-refractivity contribution in [3.63, 3.8) is 0 Å². The molecule has 0 saturated heterocycles. The fourth-order valence-corrected chi connectivity index (χ4v) is 2.38. The standard InChI is InChI=1S/C17H13NO3/c1-21-17(20)15-14(8-9-18-16(15)19)13-7-6-11-4-2-3-5-12(11)10-13/h2-10H,1H3,(H,18,19). The maximum absolute atomic E-state index is 11.9. The van der Waals surface area contributed by atoms with Crippen molar-refractivity contribution in [2.45, 2.75) is 0 Å². The van der Waals surface area contributed by atoms with E-state index >= 15 is 0 Å². The van der Waals surface area contributed by atoms with Crippen molar-refractivity contribution in [2.75, 3.05) is 7.11 Å². The fraction of sp³-hybridized carbons (Fsp3) is 0.0588. The second kappa shape index (κ2) is 5.25. The zero-order valence-corrected chi connectivity index (χ0v) is 11.4. The van der Waals surface area contributed by atoms with Crippen LogP contribution in [0.15, 0.2) is 59.5 Å². The molecular formula is C17H13NO3. The van der Waals surface area contributed by atoms with Gasteiger partial charge in [0.2, 0.25) is 0 Å². The molecule has 0 fully saturated rings. The van der Waals surface area contributed by atoms with Crippen LogP contribution in [0.1, 0.15) is 10.4 Å². The average molecular weight is 279 g/mol. The van der Waals surface area contributed by atoms with E-state index in [0.717, 1.165) is 16.3 Å². The van der Waals surface area contributed by atoms with Crippen molar-refractivity contribution in [3.05, 3.63) is 70.6 Å². The van der Waals surface area contributed by atoms with Crippen LogP contribution in [-0.4, -0.2) is 18.1 Å². The van der Waals surface area contributed by atoms with E-state index in [0.29, 0.717) is 5.56 Å². The number of esters is 1. The van der Waals surface area contributed by atoms with Crippen molar-refractivity contribution < 1.29 is 9.53 Å². The van der Waals surface area contributed by atoms with Crippen LogP contribution in [0.3, 0.4) is 0 Å². The fourth-order valence-electron chi connectivity index (χ4n) is 2.38. The Labute approximate surface area is 121 Å². The van der Waals surface area contributed by atoms with Gasteiger partial charge in [0.05, 0.1) is 7.11 Å². The third-order valence-electron chi connectivity index (χ3n) is 3.41. The van der Waals surface area contributed by atoms with Crippen LogP contribution < -0.4 is 5.56 Å². The van der Waals surface area contributed by atoms with Crippen LogP contribution in [0, 0.1) is 0 Å². The number of aromatic amines is 1. The predicted molar refractivity (Wildman–Crippen MR) is 81.3 cm³/mol. The van der Waals surface area contributed by atoms with Gasteiger partial charge in [-0.15, -0.1) is 0 Å². The Morgan fingerprint density at radius 3 is 2.57 bits per heavy atom. The molecule has 0 bridgehead atoms. The summed E-state index contributed by atoms with van der Waals surface area (Å²) in [5.74, 6) is -0.639. The highest BCUT2D eigenvalue weighted by atomic mass is 16.5. The highest BCUT2D eigenvalue weighted by molar-refractivity contribution is 5.98. The minimum absolute atomic E-state index is 0.0234. The van der Waals surface area contributed by atoms with Crippen molar-refractivity contribution in [3.8, 4) is 11.1 Å². The van der Waals surface area contributed by atoms with E-state index in [2.05, 4.69) is 4.98 Å². The number of benzene rings is 2. The minimum atomic E-state index is -0.639. The van der Waals surface area contributed by atoms with Crippen molar-refractivity contribution in [1.29, 1.82) is 0 Å². The highest BCUT2D eigenvalue weighted by Gasteiger charge is 2.17. The molecule has 3 rings (SSSR count). The van der Waals surface area contributed by atoms with Crippen LogP contribution in [-0.2, 0) is 4.74 Å². The Hall–Kier alpha value is -2.88. The van der Waals surface area contributed by atoms with Crippen LogP contribution in [0.5, 0.6) is 0 Å². The van der Waals surface area contributed by atoms with E-state index in [1.54, 1.807) is 6.07 Å². The number of nitrogens with one attached hydrogen (secondary N) is 1. The lowest BCUT2D eigenvalue weighted by Crippen LogP contribution is -2.19. The minimum Gasteiger partial charge on any atom is -0.465 e. The number of ether oxygens (including phenoxy) is 1. The van der Waals surface area contributed by atoms with Crippen molar-refractivity contribution >= 4 is 16.7 Å². The summed E-state index contributed by atoms with van der Waals surface area (Å²) in [6.07, 6.45) is 1.53. The Kier molecular flexibility index (Phi) is 3.28. The van der Waals surface area contributed by atoms with Crippen LogP contribution >= 0.6 is 0 Å². The Bertz CT molecular complexity index is 880. The molecule has 0 aliphatic rings. The number of hydrogen-bond donors (Lipinski definition) is 1. The number of rotatable bonds is 2. The molecule has 0 radical (unpaired) electrons. The number of methoxy groups -OCH3 is 1. The highest BCUT2D eigenvalue weighted by Crippen LogP contribution is 2.26. The first-order valence-electron chi connectivity index (χ1n) is 6.50. The van der Waals surface area contributed by atoms with E-state index < -0.39 is 11.5 Å². The van der Waals surface area contributed by atoms with Gasteiger partial charge in [-0.05, 0) is 28.5 Å². The van der Waals surface area contributed by atoms with E-state index in [-0.39, 0.29) is 5.56 Å². The smallest absolute Gasteiger partial charge is 0.344 e. The van der Waals surface area contributed by atoms with Gasteiger partial charge < -0.3 is 9.72 Å². The molecule has 4 heteroatoms. The number of H-pyrrole nitrogens is 1. The monoisotopic (exact) mass is 279 g/mol. The summed E-state index contributed by atoms with van der Waals surface area (Å²) in [5, 5.41) is 2.15. The number of aromatic nitrogens is 1. The summed E-state index contributed by atoms with van der Waals surface area (Å²) in [6.45, 7) is 0. The van der Waals surface area contributed by atoms with Gasteiger partial charge in [0.1, 0.15) is 5.56 Å². The van der Waals surface area contributed by atoms with Crippen LogP contribution in [0.2, 0.25) is 0 Å². The first-order valence-corrected chi connectivity index (χ1v) is 6.50. The van der Waals surface area contributed by atoms with Gasteiger partial charge in [0.15, 0.2) is 0 Å². The molecule has 0 aliphatic heterocycles. The summed E-state index contributed by atoms with van der Waals surface area (Å²) >= 11 is 0. The Morgan fingerprint density at radius 2 is 1.81 bits per heavy atom. The van der Waals surface area contributed by atoms with Gasteiger partial charge in [0, 0.05) is 11.8 Å². The quantitative estimate of drug-likeness (QED) is 0.734. The van der Waals surface area contributed by atoms with E-state index in [4.69, 9.17) is 4.74 Å². The Balaban J connectivity index is 2.25. The average Bonchev–Trinajstić information content (AvgIpc) is 2.53. The van der Waals surface area contributed by atoms with Gasteiger partial charge in [-0.1, -0.05) is 36.4 Å². The second-order valence-corrected chi connectivity index (χ2v) is 4.65. The molecule has 0 saturated carbocycles. The van der Waals surface area contributed by atoms with Gasteiger partial charge >= 0.3 is 5.97 Å². The Morgan fingerprint density at radius 1 is 1.05 bits per heavy atom. The maximum atomic E-state index is 11.9. The maximum Gasteiger partial charge on any atom is 0.344 e. The van der Waals surface area contributed by atoms with Gasteiger partial charge in [0.25, 0.3) is 5.56 Å². The molecule has 104 valence electrons. The lowest BCUT2D eigenvalue weighted by Gasteiger charge is -2.08. The first-order chi connectivity index (χ1) is 10.2. The normalized spacial score (nSPS) is 10.5. The molecule has 1 N–H and O–H groups in total. The van der Waals surface area contributed by atoms with E-state index in [1.165, 1.54) is 13.3 Å². The lowest BCUT2D eigenvalue weighted by molar-refractivity contribution is 0.0599. The summed E-state index contributed by atoms with van der Waals surface area (Å²) < 4.78 is 4.71. The molecule has 3 aromatic rings. The van der Waals surface area contributed by atoms with Gasteiger partial charge in [-0.3, -0.25) is 4.79 Å². The summed E-state index contributed by atoms with van der Waals surface area (Å²) in [6, 6.07) is 15.4. The van der Waals surface area contributed by atoms with Crippen molar-refractivity contribution in [1.82, 2.24) is 4.98 Å². The third-order valence-corrected chi connectivity index (χ3v) is 3.41. The molecule has 1 aromatic heterocycles. The van der Waals surface area contributed by atoms with Crippen LogP contribution in [0.25, 0.3) is 21.9 Å². The summed E-state index contributed by atoms with van der Waals surface area (Å²) in [4.78, 5) is 26.3. The SMILES string of the molecule is COC(=O)c1c(-c2ccc3ccccc3c2)cc[nH]c1=O. The van der Waals surface area contributed by atoms with Gasteiger partial charge in [-0.25, -0.2) is 4.79 Å². The molecule has 21 heavy (non-hydrogen) atoms. The van der Waals surface area contributed by atoms with Crippen molar-refractivity contribution in [2.24, 2.45) is 0 Å². The van der Waals surface area contributed by atoms with E-state index in [9.17, 15) is 9.59 Å². The molecule has 0 unspecified atom stereocenters. The zero-order valence-electron chi connectivity index (χ0n) is 11.4. The van der Waals surface area contributed by atoms with E-state index in [1.807, 2.05) is 42.5 Å². The number of hydrogen-bond acceptors (Lipinski definition) is 3. The zero-order chi connectivity index (χ0) is 14.8. The number of fused-ring (bicyclic) bond motifs is 1. The predicted octanol–water partition coefficient (Wildman–Crippen LogP) is 2.98. The molecule has 1 heterocycles. The van der Waals surface area contributed by atoms with Crippen LogP contribution in [0.4, 0.5) is 0 Å². The summed E-state index contributed by atoms with van der Waals surface area (Å²) in [5.41, 5.74) is 0.944. The number of pyridine rings is 1. The lowest BCUT2D eigenvalue weighted by atomic mass is 9.98. The second-order valence-electron chi connectivity index (χ2n) is 4.65. The third kappa shape index (κ3) is 2.31. The largest absolute Gasteiger partial charge is 0.465 e. The molecule has 0 amide bonds.